The first-order chi connectivity index (χ1) is 13.3. The second kappa shape index (κ2) is 9.85. The Kier molecular flexibility index (Phi) is 7.78. The van der Waals surface area contributed by atoms with E-state index in [1.165, 1.54) is 23.5 Å². The summed E-state index contributed by atoms with van der Waals surface area (Å²) in [6.07, 6.45) is 0.762. The van der Waals surface area contributed by atoms with Crippen LogP contribution in [0.2, 0.25) is 0 Å². The first-order valence-electron chi connectivity index (χ1n) is 9.12. The molecule has 0 spiro atoms. The molecule has 0 aromatic heterocycles. The van der Waals surface area contributed by atoms with Gasteiger partial charge >= 0.3 is 0 Å². The molecule has 1 fully saturated rings. The van der Waals surface area contributed by atoms with Gasteiger partial charge in [0.1, 0.15) is 11.8 Å². The van der Waals surface area contributed by atoms with Gasteiger partial charge in [0, 0.05) is 25.6 Å². The third kappa shape index (κ3) is 5.43. The van der Waals surface area contributed by atoms with Gasteiger partial charge in [0.25, 0.3) is 0 Å². The third-order valence-electron chi connectivity index (χ3n) is 4.69. The normalized spacial score (nSPS) is 17.0. The highest BCUT2D eigenvalue weighted by molar-refractivity contribution is 7.89. The van der Waals surface area contributed by atoms with Gasteiger partial charge < -0.3 is 20.5 Å². The Bertz CT molecular complexity index is 773. The van der Waals surface area contributed by atoms with Gasteiger partial charge in [0.05, 0.1) is 18.6 Å². The van der Waals surface area contributed by atoms with Crippen molar-refractivity contribution in [2.45, 2.75) is 30.7 Å². The van der Waals surface area contributed by atoms with Crippen molar-refractivity contribution >= 4 is 21.8 Å². The number of carbonyl (C=O) groups excluding carboxylic acids is 2. The number of hydrogen-bond acceptors (Lipinski definition) is 6. The fourth-order valence-corrected chi connectivity index (χ4v) is 4.45. The highest BCUT2D eigenvalue weighted by atomic mass is 32.2. The van der Waals surface area contributed by atoms with E-state index in [9.17, 15) is 18.0 Å². The summed E-state index contributed by atoms with van der Waals surface area (Å²) >= 11 is 0. The van der Waals surface area contributed by atoms with Gasteiger partial charge in [-0.1, -0.05) is 0 Å². The molecule has 1 atom stereocenters. The molecule has 0 bridgehead atoms. The summed E-state index contributed by atoms with van der Waals surface area (Å²) in [6, 6.07) is 5.46. The zero-order valence-corrected chi connectivity index (χ0v) is 16.9. The van der Waals surface area contributed by atoms with E-state index in [0.717, 1.165) is 0 Å². The molecule has 1 aliphatic rings. The lowest BCUT2D eigenvalue weighted by Crippen LogP contribution is -2.49. The summed E-state index contributed by atoms with van der Waals surface area (Å²) in [5.74, 6) is -0.419. The molecule has 1 heterocycles. The maximum atomic E-state index is 12.7. The van der Waals surface area contributed by atoms with E-state index in [1.807, 2.05) is 0 Å². The Morgan fingerprint density at radius 1 is 1.25 bits per heavy atom. The number of nitrogens with zero attached hydrogens (tertiary/aromatic N) is 1. The van der Waals surface area contributed by atoms with Crippen LogP contribution in [0.3, 0.4) is 0 Å². The Morgan fingerprint density at radius 2 is 1.86 bits per heavy atom. The van der Waals surface area contributed by atoms with E-state index in [-0.39, 0.29) is 48.9 Å². The number of sulfonamides is 1. The van der Waals surface area contributed by atoms with Crippen molar-refractivity contribution in [3.63, 3.8) is 0 Å². The predicted molar refractivity (Wildman–Crippen MR) is 102 cm³/mol. The molecule has 1 saturated heterocycles. The molecule has 1 aromatic carbocycles. The smallest absolute Gasteiger partial charge is 0.243 e. The molecule has 0 saturated carbocycles. The van der Waals surface area contributed by atoms with Crippen LogP contribution in [-0.2, 0) is 19.6 Å². The Labute approximate surface area is 165 Å². The van der Waals surface area contributed by atoms with Crippen molar-refractivity contribution in [3.8, 4) is 5.75 Å². The number of nitrogens with one attached hydrogen (secondary N) is 2. The largest absolute Gasteiger partial charge is 0.497 e. The standard InChI is InChI=1S/C18H27N3O6S/c1-13(17(23)19-9-12-22)20-18(24)14-7-10-21(11-8-14)28(25,26)16-5-3-15(27-2)4-6-16/h3-6,13-14,22H,7-12H2,1-2H3,(H,19,23)(H,20,24)/t13-/m0/s1. The summed E-state index contributed by atoms with van der Waals surface area (Å²) in [6.45, 7) is 1.98. The zero-order chi connectivity index (χ0) is 20.7. The van der Waals surface area contributed by atoms with Crippen LogP contribution in [0.25, 0.3) is 0 Å². The number of benzene rings is 1. The van der Waals surface area contributed by atoms with Gasteiger partial charge in [0.2, 0.25) is 21.8 Å². The van der Waals surface area contributed by atoms with Crippen LogP contribution in [-0.4, -0.2) is 69.0 Å². The van der Waals surface area contributed by atoms with Crippen molar-refractivity contribution in [1.82, 2.24) is 14.9 Å². The van der Waals surface area contributed by atoms with E-state index in [0.29, 0.717) is 18.6 Å². The zero-order valence-electron chi connectivity index (χ0n) is 16.1. The molecular weight excluding hydrogens is 386 g/mol. The molecule has 156 valence electrons. The van der Waals surface area contributed by atoms with Gasteiger partial charge in [0.15, 0.2) is 0 Å². The summed E-state index contributed by atoms with van der Waals surface area (Å²) in [5.41, 5.74) is 0. The van der Waals surface area contributed by atoms with Crippen molar-refractivity contribution in [2.75, 3.05) is 33.4 Å². The van der Waals surface area contributed by atoms with Gasteiger partial charge in [-0.15, -0.1) is 0 Å². The summed E-state index contributed by atoms with van der Waals surface area (Å²) in [7, 11) is -2.11. The van der Waals surface area contributed by atoms with Crippen LogP contribution in [0, 0.1) is 5.92 Å². The topological polar surface area (TPSA) is 125 Å². The maximum Gasteiger partial charge on any atom is 0.243 e. The first kappa shape index (κ1) is 22.1. The van der Waals surface area contributed by atoms with Crippen LogP contribution in [0.4, 0.5) is 0 Å². The Balaban J connectivity index is 1.90. The fourth-order valence-electron chi connectivity index (χ4n) is 2.98. The molecule has 10 heteroatoms. The van der Waals surface area contributed by atoms with Crippen molar-refractivity contribution < 1.29 is 27.9 Å². The van der Waals surface area contributed by atoms with Gasteiger partial charge in [-0.3, -0.25) is 9.59 Å². The lowest BCUT2D eigenvalue weighted by Gasteiger charge is -2.31. The summed E-state index contributed by atoms with van der Waals surface area (Å²) in [4.78, 5) is 24.3. The van der Waals surface area contributed by atoms with Gasteiger partial charge in [-0.25, -0.2) is 8.42 Å². The number of hydrogen-bond donors (Lipinski definition) is 3. The molecule has 1 aliphatic heterocycles. The van der Waals surface area contributed by atoms with Crippen molar-refractivity contribution in [1.29, 1.82) is 0 Å². The highest BCUT2D eigenvalue weighted by Crippen LogP contribution is 2.25. The summed E-state index contributed by atoms with van der Waals surface area (Å²) < 4.78 is 31.9. The second-order valence-electron chi connectivity index (χ2n) is 6.60. The average molecular weight is 413 g/mol. The number of amides is 2. The Hall–Kier alpha value is -2.17. The highest BCUT2D eigenvalue weighted by Gasteiger charge is 2.32. The van der Waals surface area contributed by atoms with E-state index >= 15 is 0 Å². The van der Waals surface area contributed by atoms with E-state index in [1.54, 1.807) is 19.1 Å². The van der Waals surface area contributed by atoms with Crippen LogP contribution in [0.5, 0.6) is 5.75 Å². The molecule has 28 heavy (non-hydrogen) atoms. The number of ether oxygens (including phenoxy) is 1. The molecule has 1 aromatic rings. The minimum Gasteiger partial charge on any atom is -0.497 e. The number of piperidine rings is 1. The molecule has 2 amide bonds. The molecule has 9 nitrogen and oxygen atoms in total. The lowest BCUT2D eigenvalue weighted by atomic mass is 9.97. The van der Waals surface area contributed by atoms with Crippen molar-refractivity contribution in [2.24, 2.45) is 5.92 Å². The molecule has 2 rings (SSSR count). The van der Waals surface area contributed by atoms with Crippen LogP contribution >= 0.6 is 0 Å². The van der Waals surface area contributed by atoms with Crippen LogP contribution in [0.15, 0.2) is 29.2 Å². The van der Waals surface area contributed by atoms with Crippen LogP contribution < -0.4 is 15.4 Å². The van der Waals surface area contributed by atoms with E-state index in [4.69, 9.17) is 9.84 Å². The number of aliphatic hydroxyl groups is 1. The van der Waals surface area contributed by atoms with Crippen LogP contribution in [0.1, 0.15) is 19.8 Å². The van der Waals surface area contributed by atoms with E-state index in [2.05, 4.69) is 10.6 Å². The van der Waals surface area contributed by atoms with E-state index < -0.39 is 16.1 Å². The number of methoxy groups -OCH3 is 1. The lowest BCUT2D eigenvalue weighted by molar-refractivity contribution is -0.131. The second-order valence-corrected chi connectivity index (χ2v) is 8.54. The average Bonchev–Trinajstić information content (AvgIpc) is 2.71. The minimum atomic E-state index is -3.62. The summed E-state index contributed by atoms with van der Waals surface area (Å²) in [5, 5.41) is 13.9. The fraction of sp³-hybridized carbons (Fsp3) is 0.556. The maximum absolute atomic E-state index is 12.7. The SMILES string of the molecule is COc1ccc(S(=O)(=O)N2CCC(C(=O)N[C@@H](C)C(=O)NCCO)CC2)cc1. The molecular formula is C18H27N3O6S. The van der Waals surface area contributed by atoms with Gasteiger partial charge in [-0.05, 0) is 44.0 Å². The molecule has 0 radical (unpaired) electrons. The number of rotatable bonds is 8. The number of carbonyl (C=O) groups is 2. The predicted octanol–water partition coefficient (Wildman–Crippen LogP) is -0.291. The number of aliphatic hydroxyl groups excluding tert-OH is 1. The third-order valence-corrected chi connectivity index (χ3v) is 6.60. The Morgan fingerprint density at radius 3 is 2.39 bits per heavy atom. The molecule has 0 aliphatic carbocycles. The van der Waals surface area contributed by atoms with Crippen molar-refractivity contribution in [3.05, 3.63) is 24.3 Å². The molecule has 0 unspecified atom stereocenters. The monoisotopic (exact) mass is 413 g/mol. The molecule has 3 N–H and O–H groups in total. The quantitative estimate of drug-likeness (QED) is 0.538. The first-order valence-corrected chi connectivity index (χ1v) is 10.6. The minimum absolute atomic E-state index is 0.126. The van der Waals surface area contributed by atoms with Gasteiger partial charge in [-0.2, -0.15) is 4.31 Å².